The third kappa shape index (κ3) is 3.62. The van der Waals surface area contributed by atoms with E-state index in [1.54, 1.807) is 18.2 Å². The molecular formula is C23H15FN4O6. The van der Waals surface area contributed by atoms with E-state index in [0.29, 0.717) is 22.4 Å². The lowest BCUT2D eigenvalue weighted by Gasteiger charge is -2.14. The molecule has 3 heterocycles. The molecule has 170 valence electrons. The van der Waals surface area contributed by atoms with Crippen LogP contribution < -0.4 is 15.3 Å². The second-order valence-corrected chi connectivity index (χ2v) is 7.56. The van der Waals surface area contributed by atoms with Crippen molar-refractivity contribution in [1.82, 2.24) is 15.0 Å². The summed E-state index contributed by atoms with van der Waals surface area (Å²) in [6.45, 7) is -0.406. The molecule has 0 unspecified atom stereocenters. The number of carbonyl (C=O) groups is 3. The molecule has 2 aromatic carbocycles. The first kappa shape index (κ1) is 21.2. The maximum atomic E-state index is 13.5. The van der Waals surface area contributed by atoms with Crippen LogP contribution in [0.2, 0.25) is 0 Å². The summed E-state index contributed by atoms with van der Waals surface area (Å²) in [5.74, 6) is -2.25. The minimum absolute atomic E-state index is 0.0211. The Labute approximate surface area is 190 Å². The van der Waals surface area contributed by atoms with Gasteiger partial charge in [0.15, 0.2) is 5.78 Å². The van der Waals surface area contributed by atoms with E-state index in [1.165, 1.54) is 35.0 Å². The van der Waals surface area contributed by atoms with Crippen molar-refractivity contribution >= 4 is 34.1 Å². The van der Waals surface area contributed by atoms with Gasteiger partial charge in [-0.2, -0.15) is 0 Å². The zero-order chi connectivity index (χ0) is 24.0. The number of benzene rings is 2. The zero-order valence-electron chi connectivity index (χ0n) is 17.6. The highest BCUT2D eigenvalue weighted by atomic mass is 19.1. The number of ether oxygens (including phenoxy) is 1. The lowest BCUT2D eigenvalue weighted by Crippen LogP contribution is -2.29. The molecule has 0 fully saturated rings. The van der Waals surface area contributed by atoms with Crippen LogP contribution in [0.3, 0.4) is 0 Å². The van der Waals surface area contributed by atoms with E-state index in [1.807, 2.05) is 0 Å². The van der Waals surface area contributed by atoms with E-state index < -0.39 is 28.9 Å². The quantitative estimate of drug-likeness (QED) is 0.243. The second-order valence-electron chi connectivity index (χ2n) is 7.56. The van der Waals surface area contributed by atoms with Crippen LogP contribution in [0.1, 0.15) is 26.4 Å². The molecule has 0 saturated heterocycles. The van der Waals surface area contributed by atoms with Gasteiger partial charge in [0.25, 0.3) is 11.7 Å². The number of hydrogen-bond donors (Lipinski definition) is 0. The van der Waals surface area contributed by atoms with Crippen molar-refractivity contribution in [3.63, 3.8) is 0 Å². The molecule has 0 saturated carbocycles. The number of Topliss-reactive ketones (excluding diaryl/α,β-unsaturated/α-hetero) is 2. The van der Waals surface area contributed by atoms with Gasteiger partial charge >= 0.3 is 5.63 Å². The average Bonchev–Trinajstić information content (AvgIpc) is 3.36. The first-order valence-corrected chi connectivity index (χ1v) is 10.0. The first-order chi connectivity index (χ1) is 16.3. The van der Waals surface area contributed by atoms with Gasteiger partial charge in [-0.1, -0.05) is 5.21 Å². The molecule has 1 aliphatic heterocycles. The number of rotatable bonds is 6. The topological polar surface area (TPSA) is 125 Å². The lowest BCUT2D eigenvalue weighted by atomic mass is 10.1. The summed E-state index contributed by atoms with van der Waals surface area (Å²) in [5, 5.41) is 8.32. The van der Waals surface area contributed by atoms with Gasteiger partial charge in [0, 0.05) is 5.39 Å². The van der Waals surface area contributed by atoms with Crippen molar-refractivity contribution in [1.29, 1.82) is 0 Å². The van der Waals surface area contributed by atoms with Crippen LogP contribution >= 0.6 is 0 Å². The molecule has 2 aromatic heterocycles. The number of nitrogens with zero attached hydrogens (tertiary/aromatic N) is 4. The molecule has 5 rings (SSSR count). The monoisotopic (exact) mass is 462 g/mol. The highest BCUT2D eigenvalue weighted by Crippen LogP contribution is 2.30. The average molecular weight is 462 g/mol. The summed E-state index contributed by atoms with van der Waals surface area (Å²) < 4.78 is 25.0. The standard InChI is InChI=1S/C23H15FN4O6/c1-33-15-3-5-20-12(6-15)7-17(23(32)34-20)19(29)11-27-9-14(25-26-27)10-28-18-4-2-13(24)8-16(18)21(30)22(28)31/h2-9H,10-11H2,1H3. The number of ketones is 2. The zero-order valence-corrected chi connectivity index (χ0v) is 17.6. The van der Waals surface area contributed by atoms with Gasteiger partial charge in [0.2, 0.25) is 0 Å². The Morgan fingerprint density at radius 2 is 1.94 bits per heavy atom. The Morgan fingerprint density at radius 3 is 2.74 bits per heavy atom. The fourth-order valence-corrected chi connectivity index (χ4v) is 3.74. The fourth-order valence-electron chi connectivity index (χ4n) is 3.74. The number of methoxy groups -OCH3 is 1. The van der Waals surface area contributed by atoms with Crippen LogP contribution in [0.5, 0.6) is 5.75 Å². The second kappa shape index (κ2) is 8.03. The normalized spacial score (nSPS) is 12.9. The summed E-state index contributed by atoms with van der Waals surface area (Å²) in [6, 6.07) is 9.78. The van der Waals surface area contributed by atoms with Gasteiger partial charge < -0.3 is 9.15 Å². The smallest absolute Gasteiger partial charge is 0.347 e. The summed E-state index contributed by atoms with van der Waals surface area (Å²) in [7, 11) is 1.50. The van der Waals surface area contributed by atoms with Gasteiger partial charge in [0.05, 0.1) is 31.1 Å². The van der Waals surface area contributed by atoms with E-state index in [0.717, 1.165) is 12.1 Å². The van der Waals surface area contributed by atoms with Crippen LogP contribution in [-0.2, 0) is 17.9 Å². The Balaban J connectivity index is 1.36. The summed E-state index contributed by atoms with van der Waals surface area (Å²) >= 11 is 0. The van der Waals surface area contributed by atoms with Gasteiger partial charge in [-0.05, 0) is 42.5 Å². The molecule has 4 aromatic rings. The van der Waals surface area contributed by atoms with Crippen molar-refractivity contribution in [3.05, 3.63) is 81.7 Å². The predicted octanol–water partition coefficient (Wildman–Crippen LogP) is 2.14. The molecule has 10 nitrogen and oxygen atoms in total. The SMILES string of the molecule is COc1ccc2oc(=O)c(C(=O)Cn3cc(CN4C(=O)C(=O)c5cc(F)ccc54)nn3)cc2c1. The van der Waals surface area contributed by atoms with E-state index >= 15 is 0 Å². The van der Waals surface area contributed by atoms with E-state index in [4.69, 9.17) is 9.15 Å². The number of hydrogen-bond acceptors (Lipinski definition) is 8. The molecule has 1 amide bonds. The lowest BCUT2D eigenvalue weighted by molar-refractivity contribution is -0.114. The molecule has 0 N–H and O–H groups in total. The third-order valence-electron chi connectivity index (χ3n) is 5.38. The number of fused-ring (bicyclic) bond motifs is 2. The third-order valence-corrected chi connectivity index (χ3v) is 5.38. The largest absolute Gasteiger partial charge is 0.497 e. The number of amides is 1. The highest BCUT2D eigenvalue weighted by molar-refractivity contribution is 6.52. The van der Waals surface area contributed by atoms with Crippen LogP contribution in [0.25, 0.3) is 11.0 Å². The molecule has 0 atom stereocenters. The van der Waals surface area contributed by atoms with Crippen LogP contribution in [0.4, 0.5) is 10.1 Å². The fraction of sp³-hybridized carbons (Fsp3) is 0.130. The minimum Gasteiger partial charge on any atom is -0.497 e. The summed E-state index contributed by atoms with van der Waals surface area (Å²) in [6.07, 6.45) is 1.42. The highest BCUT2D eigenvalue weighted by Gasteiger charge is 2.36. The van der Waals surface area contributed by atoms with Crippen LogP contribution in [0, 0.1) is 5.82 Å². The Hall–Kier alpha value is -4.67. The van der Waals surface area contributed by atoms with Crippen molar-refractivity contribution in [2.75, 3.05) is 12.0 Å². The first-order valence-electron chi connectivity index (χ1n) is 10.0. The van der Waals surface area contributed by atoms with E-state index in [-0.39, 0.29) is 29.9 Å². The van der Waals surface area contributed by atoms with Crippen molar-refractivity contribution in [3.8, 4) is 5.75 Å². The number of carbonyl (C=O) groups excluding carboxylic acids is 3. The number of anilines is 1. The minimum atomic E-state index is -0.810. The Bertz CT molecular complexity index is 1560. The maximum Gasteiger partial charge on any atom is 0.347 e. The summed E-state index contributed by atoms with van der Waals surface area (Å²) in [5.41, 5.74) is -0.0858. The van der Waals surface area contributed by atoms with Crippen molar-refractivity contribution in [2.45, 2.75) is 13.1 Å². The number of aromatic nitrogens is 3. The Kier molecular flexibility index (Phi) is 5.01. The van der Waals surface area contributed by atoms with Gasteiger partial charge in [0.1, 0.15) is 35.0 Å². The molecule has 0 radical (unpaired) electrons. The van der Waals surface area contributed by atoms with Gasteiger partial charge in [-0.3, -0.25) is 19.3 Å². The molecule has 34 heavy (non-hydrogen) atoms. The molecule has 0 aliphatic carbocycles. The molecule has 1 aliphatic rings. The van der Waals surface area contributed by atoms with Crippen LogP contribution in [0.15, 0.2) is 57.9 Å². The van der Waals surface area contributed by atoms with Crippen molar-refractivity contribution in [2.24, 2.45) is 0 Å². The van der Waals surface area contributed by atoms with Crippen molar-refractivity contribution < 1.29 is 27.9 Å². The maximum absolute atomic E-state index is 13.5. The molecule has 11 heteroatoms. The number of halogens is 1. The molecule has 0 spiro atoms. The van der Waals surface area contributed by atoms with Gasteiger partial charge in [-0.15, -0.1) is 5.10 Å². The van der Waals surface area contributed by atoms with E-state index in [2.05, 4.69) is 10.3 Å². The van der Waals surface area contributed by atoms with E-state index in [9.17, 15) is 23.6 Å². The van der Waals surface area contributed by atoms with Gasteiger partial charge in [-0.25, -0.2) is 13.9 Å². The van der Waals surface area contributed by atoms with Crippen LogP contribution in [-0.4, -0.2) is 39.6 Å². The predicted molar refractivity (Wildman–Crippen MR) is 115 cm³/mol. The molecule has 0 bridgehead atoms. The summed E-state index contributed by atoms with van der Waals surface area (Å²) in [4.78, 5) is 50.7. The Morgan fingerprint density at radius 1 is 1.12 bits per heavy atom. The molecular weight excluding hydrogens is 447 g/mol.